The molecule has 2 aromatic rings. The van der Waals surface area contributed by atoms with E-state index in [2.05, 4.69) is 26.0 Å². The summed E-state index contributed by atoms with van der Waals surface area (Å²) in [5.41, 5.74) is 2.43. The fourth-order valence-electron chi connectivity index (χ4n) is 7.20. The van der Waals surface area contributed by atoms with E-state index >= 15 is 0 Å². The largest absolute Gasteiger partial charge is 0.295 e. The van der Waals surface area contributed by atoms with E-state index in [0.29, 0.717) is 0 Å². The molecule has 0 fully saturated rings. The predicted octanol–water partition coefficient (Wildman–Crippen LogP) is 14.1. The SMILES string of the molecule is CCCCCCCCCCCCCCCCc1ccc2cccc(S(=O)(=O)O)c2c1CCCCCCCCCCCCCCCC. The Morgan fingerprint density at radius 3 is 1.22 bits per heavy atom. The Labute approximate surface area is 285 Å². The fourth-order valence-corrected chi connectivity index (χ4v) is 7.95. The van der Waals surface area contributed by atoms with Crippen molar-refractivity contribution < 1.29 is 13.0 Å². The van der Waals surface area contributed by atoms with Crippen molar-refractivity contribution in [3.05, 3.63) is 41.5 Å². The van der Waals surface area contributed by atoms with Gasteiger partial charge in [-0.3, -0.25) is 4.55 Å². The number of benzene rings is 2. The first-order valence-corrected chi connectivity index (χ1v) is 21.4. The molecule has 46 heavy (non-hydrogen) atoms. The minimum absolute atomic E-state index is 0.0770. The quantitative estimate of drug-likeness (QED) is 0.0649. The van der Waals surface area contributed by atoms with E-state index in [4.69, 9.17) is 0 Å². The highest BCUT2D eigenvalue weighted by Gasteiger charge is 2.18. The van der Waals surface area contributed by atoms with Gasteiger partial charge in [-0.05, 0) is 48.3 Å². The van der Waals surface area contributed by atoms with Gasteiger partial charge < -0.3 is 0 Å². The van der Waals surface area contributed by atoms with Crippen molar-refractivity contribution in [3.8, 4) is 0 Å². The van der Waals surface area contributed by atoms with Gasteiger partial charge in [-0.2, -0.15) is 8.42 Å². The maximum atomic E-state index is 12.4. The van der Waals surface area contributed by atoms with Crippen LogP contribution in [0, 0.1) is 0 Å². The molecule has 0 radical (unpaired) electrons. The van der Waals surface area contributed by atoms with Crippen LogP contribution in [-0.2, 0) is 23.0 Å². The lowest BCUT2D eigenvalue weighted by molar-refractivity contribution is 0.484. The molecule has 0 saturated heterocycles. The van der Waals surface area contributed by atoms with Gasteiger partial charge in [0.2, 0.25) is 0 Å². The van der Waals surface area contributed by atoms with Crippen molar-refractivity contribution in [1.29, 1.82) is 0 Å². The molecule has 0 saturated carbocycles. The monoisotopic (exact) mass is 657 g/mol. The molecule has 2 aromatic carbocycles. The van der Waals surface area contributed by atoms with Gasteiger partial charge in [0.25, 0.3) is 10.1 Å². The third kappa shape index (κ3) is 18.2. The molecule has 0 aromatic heterocycles. The summed E-state index contributed by atoms with van der Waals surface area (Å²) in [4.78, 5) is 0.0770. The Morgan fingerprint density at radius 1 is 0.457 bits per heavy atom. The van der Waals surface area contributed by atoms with Crippen LogP contribution in [0.1, 0.15) is 205 Å². The molecule has 0 aliphatic carbocycles. The van der Waals surface area contributed by atoms with Crippen LogP contribution in [0.15, 0.2) is 35.2 Å². The number of aryl methyl sites for hydroxylation is 2. The molecule has 0 amide bonds. The van der Waals surface area contributed by atoms with E-state index in [-0.39, 0.29) is 4.90 Å². The van der Waals surface area contributed by atoms with Crippen LogP contribution in [0.4, 0.5) is 0 Å². The number of unbranched alkanes of at least 4 members (excludes halogenated alkanes) is 26. The van der Waals surface area contributed by atoms with E-state index in [0.717, 1.165) is 42.0 Å². The maximum Gasteiger partial charge on any atom is 0.295 e. The fraction of sp³-hybridized carbons (Fsp3) is 0.762. The number of hydrogen-bond acceptors (Lipinski definition) is 2. The number of hydrogen-bond donors (Lipinski definition) is 1. The topological polar surface area (TPSA) is 54.4 Å². The Hall–Kier alpha value is -1.39. The smallest absolute Gasteiger partial charge is 0.282 e. The van der Waals surface area contributed by atoms with Gasteiger partial charge in [0, 0.05) is 5.39 Å². The van der Waals surface area contributed by atoms with Crippen LogP contribution in [0.5, 0.6) is 0 Å². The summed E-state index contributed by atoms with van der Waals surface area (Å²) in [6, 6.07) is 9.57. The third-order valence-corrected chi connectivity index (χ3v) is 11.0. The molecule has 0 aliphatic heterocycles. The van der Waals surface area contributed by atoms with Crippen molar-refractivity contribution in [2.45, 2.75) is 211 Å². The lowest BCUT2D eigenvalue weighted by Crippen LogP contribution is -2.04. The molecule has 2 rings (SSSR count). The van der Waals surface area contributed by atoms with E-state index < -0.39 is 10.1 Å². The highest BCUT2D eigenvalue weighted by molar-refractivity contribution is 7.86. The van der Waals surface area contributed by atoms with Gasteiger partial charge in [0.15, 0.2) is 0 Å². The highest BCUT2D eigenvalue weighted by Crippen LogP contribution is 2.31. The molecular formula is C42H72O3S. The summed E-state index contributed by atoms with van der Waals surface area (Å²) < 4.78 is 34.8. The van der Waals surface area contributed by atoms with Crippen LogP contribution in [0.2, 0.25) is 0 Å². The zero-order valence-corrected chi connectivity index (χ0v) is 31.1. The molecule has 3 nitrogen and oxygen atoms in total. The maximum absolute atomic E-state index is 12.4. The third-order valence-electron chi connectivity index (χ3n) is 10.1. The number of fused-ring (bicyclic) bond motifs is 1. The summed E-state index contributed by atoms with van der Waals surface area (Å²) in [7, 11) is -4.28. The summed E-state index contributed by atoms with van der Waals surface area (Å²) in [6.45, 7) is 4.56. The van der Waals surface area contributed by atoms with Crippen molar-refractivity contribution in [1.82, 2.24) is 0 Å². The van der Waals surface area contributed by atoms with Crippen LogP contribution < -0.4 is 0 Å². The molecule has 0 atom stereocenters. The molecule has 0 unspecified atom stereocenters. The normalized spacial score (nSPS) is 12.0. The average Bonchev–Trinajstić information content (AvgIpc) is 3.04. The summed E-state index contributed by atoms with van der Waals surface area (Å²) in [5.74, 6) is 0. The second-order valence-corrected chi connectivity index (χ2v) is 15.6. The molecule has 0 spiro atoms. The van der Waals surface area contributed by atoms with Crippen LogP contribution >= 0.6 is 0 Å². The zero-order chi connectivity index (χ0) is 33.1. The summed E-state index contributed by atoms with van der Waals surface area (Å²) in [6.07, 6.45) is 39.4. The summed E-state index contributed by atoms with van der Waals surface area (Å²) >= 11 is 0. The van der Waals surface area contributed by atoms with E-state index in [9.17, 15) is 13.0 Å². The van der Waals surface area contributed by atoms with Gasteiger partial charge in [-0.15, -0.1) is 0 Å². The molecule has 264 valence electrons. The Balaban J connectivity index is 1.74. The second kappa shape index (κ2) is 26.6. The Kier molecular flexibility index (Phi) is 23.5. The summed E-state index contributed by atoms with van der Waals surface area (Å²) in [5, 5.41) is 1.67. The molecule has 4 heteroatoms. The zero-order valence-electron chi connectivity index (χ0n) is 30.3. The van der Waals surface area contributed by atoms with Crippen LogP contribution in [0.25, 0.3) is 10.8 Å². The molecule has 0 aliphatic rings. The molecule has 0 heterocycles. The minimum Gasteiger partial charge on any atom is -0.282 e. The first-order chi connectivity index (χ1) is 22.5. The Bertz CT molecular complexity index is 1120. The molecule has 1 N–H and O–H groups in total. The van der Waals surface area contributed by atoms with Gasteiger partial charge in [-0.1, -0.05) is 205 Å². The second-order valence-electron chi connectivity index (χ2n) is 14.2. The molecule has 0 bridgehead atoms. The van der Waals surface area contributed by atoms with Crippen molar-refractivity contribution in [2.75, 3.05) is 0 Å². The minimum atomic E-state index is -4.28. The van der Waals surface area contributed by atoms with E-state index in [1.165, 1.54) is 173 Å². The van der Waals surface area contributed by atoms with Gasteiger partial charge >= 0.3 is 0 Å². The van der Waals surface area contributed by atoms with E-state index in [1.807, 2.05) is 6.07 Å². The average molecular weight is 657 g/mol. The van der Waals surface area contributed by atoms with Crippen molar-refractivity contribution in [2.24, 2.45) is 0 Å². The van der Waals surface area contributed by atoms with Crippen molar-refractivity contribution >= 4 is 20.9 Å². The standard InChI is InChI=1S/C42H72O3S/c1-3-5-7-9-11-13-15-17-19-21-23-25-27-29-32-38-36-37-39-33-31-35-41(46(43,44)45)42(39)40(38)34-30-28-26-24-22-20-18-16-14-12-10-8-6-4-2/h31,33,35-37H,3-30,32,34H2,1-2H3,(H,43,44,45). The first kappa shape index (κ1) is 40.8. The van der Waals surface area contributed by atoms with Crippen LogP contribution in [-0.4, -0.2) is 13.0 Å². The lowest BCUT2D eigenvalue weighted by Gasteiger charge is -2.16. The van der Waals surface area contributed by atoms with Gasteiger partial charge in [-0.25, -0.2) is 0 Å². The first-order valence-electron chi connectivity index (χ1n) is 20.0. The van der Waals surface area contributed by atoms with E-state index in [1.54, 1.807) is 12.1 Å². The molecular weight excluding hydrogens is 585 g/mol. The number of rotatable bonds is 31. The predicted molar refractivity (Wildman–Crippen MR) is 202 cm³/mol. The Morgan fingerprint density at radius 2 is 0.826 bits per heavy atom. The van der Waals surface area contributed by atoms with Crippen molar-refractivity contribution in [3.63, 3.8) is 0 Å². The van der Waals surface area contributed by atoms with Crippen LogP contribution in [0.3, 0.4) is 0 Å². The highest BCUT2D eigenvalue weighted by atomic mass is 32.2. The van der Waals surface area contributed by atoms with Gasteiger partial charge in [0.1, 0.15) is 4.90 Å². The lowest BCUT2D eigenvalue weighted by atomic mass is 9.91. The van der Waals surface area contributed by atoms with Gasteiger partial charge in [0.05, 0.1) is 0 Å².